The fraction of sp³-hybridized carbons (Fsp3) is 0.467. The summed E-state index contributed by atoms with van der Waals surface area (Å²) in [6.45, 7) is 2.25. The molecule has 1 atom stereocenters. The number of thioether (sulfide) groups is 1. The van der Waals surface area contributed by atoms with Crippen LogP contribution in [0.15, 0.2) is 28.0 Å². The van der Waals surface area contributed by atoms with Gasteiger partial charge in [0.2, 0.25) is 11.8 Å². The molecule has 0 aromatic carbocycles. The third-order valence-corrected chi connectivity index (χ3v) is 4.42. The molecule has 2 amide bonds. The Labute approximate surface area is 144 Å². The second-order valence-corrected chi connectivity index (χ2v) is 6.83. The van der Waals surface area contributed by atoms with Crippen molar-refractivity contribution in [2.75, 3.05) is 14.1 Å². The normalized spacial score (nSPS) is 12.1. The van der Waals surface area contributed by atoms with Gasteiger partial charge in [0.25, 0.3) is 0 Å². The molecule has 0 fully saturated rings. The molecular weight excluding hydrogens is 330 g/mol. The summed E-state index contributed by atoms with van der Waals surface area (Å²) >= 11 is 1.32. The van der Waals surface area contributed by atoms with Crippen LogP contribution in [0, 0.1) is 0 Å². The van der Waals surface area contributed by atoms with E-state index in [0.717, 1.165) is 5.76 Å². The molecular formula is C15H21N5O3S. The van der Waals surface area contributed by atoms with Crippen molar-refractivity contribution in [1.82, 2.24) is 19.7 Å². The number of aromatic nitrogens is 3. The zero-order chi connectivity index (χ0) is 17.7. The van der Waals surface area contributed by atoms with Crippen LogP contribution in [0.1, 0.15) is 24.9 Å². The number of amides is 2. The number of primary amides is 1. The summed E-state index contributed by atoms with van der Waals surface area (Å²) in [5.41, 5.74) is 5.22. The largest absolute Gasteiger partial charge is 0.467 e. The van der Waals surface area contributed by atoms with Crippen LogP contribution >= 0.6 is 11.8 Å². The van der Waals surface area contributed by atoms with E-state index in [1.165, 1.54) is 11.8 Å². The fourth-order valence-corrected chi connectivity index (χ4v) is 3.13. The van der Waals surface area contributed by atoms with Gasteiger partial charge < -0.3 is 15.1 Å². The molecule has 0 aliphatic heterocycles. The standard InChI is InChI=1S/C15H21N5O3S/c1-10(14(22)19(2)3)24-15-18-17-13(7-6-12(16)21)20(15)9-11-5-4-8-23-11/h4-5,8,10H,6-7,9H2,1-3H3,(H2,16,21)/t10-/m0/s1. The quantitative estimate of drug-likeness (QED) is 0.708. The number of furan rings is 1. The average molecular weight is 351 g/mol. The van der Waals surface area contributed by atoms with Gasteiger partial charge in [-0.15, -0.1) is 10.2 Å². The molecule has 0 aliphatic rings. The highest BCUT2D eigenvalue weighted by molar-refractivity contribution is 8.00. The third-order valence-electron chi connectivity index (χ3n) is 3.35. The molecule has 2 N–H and O–H groups in total. The first-order valence-electron chi connectivity index (χ1n) is 7.49. The van der Waals surface area contributed by atoms with E-state index in [9.17, 15) is 9.59 Å². The number of carbonyl (C=O) groups is 2. The molecule has 2 aromatic rings. The molecule has 8 nitrogen and oxygen atoms in total. The van der Waals surface area contributed by atoms with Crippen molar-refractivity contribution in [2.45, 2.75) is 36.7 Å². The Kier molecular flexibility index (Phi) is 6.02. The molecule has 2 heterocycles. The average Bonchev–Trinajstić information content (AvgIpc) is 3.16. The van der Waals surface area contributed by atoms with Crippen molar-refractivity contribution in [3.05, 3.63) is 30.0 Å². The van der Waals surface area contributed by atoms with Gasteiger partial charge in [0.05, 0.1) is 18.1 Å². The van der Waals surface area contributed by atoms with Crippen LogP contribution in [0.5, 0.6) is 0 Å². The van der Waals surface area contributed by atoms with E-state index in [4.69, 9.17) is 10.2 Å². The van der Waals surface area contributed by atoms with Crippen molar-refractivity contribution >= 4 is 23.6 Å². The first-order chi connectivity index (χ1) is 11.4. The lowest BCUT2D eigenvalue weighted by Crippen LogP contribution is -2.29. The number of hydrogen-bond donors (Lipinski definition) is 1. The lowest BCUT2D eigenvalue weighted by Gasteiger charge is -2.16. The Morgan fingerprint density at radius 3 is 2.75 bits per heavy atom. The van der Waals surface area contributed by atoms with Gasteiger partial charge in [-0.1, -0.05) is 11.8 Å². The minimum absolute atomic E-state index is 0.00812. The van der Waals surface area contributed by atoms with E-state index >= 15 is 0 Å². The van der Waals surface area contributed by atoms with Gasteiger partial charge in [-0.3, -0.25) is 14.2 Å². The topological polar surface area (TPSA) is 107 Å². The first kappa shape index (κ1) is 18.1. The Balaban J connectivity index is 2.22. The van der Waals surface area contributed by atoms with E-state index < -0.39 is 5.91 Å². The molecule has 0 saturated carbocycles. The highest BCUT2D eigenvalue weighted by atomic mass is 32.2. The SMILES string of the molecule is C[C@H](Sc1nnc(CCC(N)=O)n1Cc1ccco1)C(=O)N(C)C. The highest BCUT2D eigenvalue weighted by Gasteiger charge is 2.22. The summed E-state index contributed by atoms with van der Waals surface area (Å²) in [5, 5.41) is 8.61. The van der Waals surface area contributed by atoms with E-state index in [2.05, 4.69) is 10.2 Å². The number of hydrogen-bond acceptors (Lipinski definition) is 6. The molecule has 24 heavy (non-hydrogen) atoms. The number of aryl methyl sites for hydroxylation is 1. The Morgan fingerprint density at radius 1 is 1.42 bits per heavy atom. The lowest BCUT2D eigenvalue weighted by molar-refractivity contribution is -0.127. The first-order valence-corrected chi connectivity index (χ1v) is 8.37. The van der Waals surface area contributed by atoms with E-state index in [-0.39, 0.29) is 17.6 Å². The van der Waals surface area contributed by atoms with Gasteiger partial charge in [-0.2, -0.15) is 0 Å². The molecule has 9 heteroatoms. The van der Waals surface area contributed by atoms with Crippen molar-refractivity contribution in [3.63, 3.8) is 0 Å². The van der Waals surface area contributed by atoms with Crippen molar-refractivity contribution in [2.24, 2.45) is 5.73 Å². The van der Waals surface area contributed by atoms with Crippen molar-refractivity contribution in [3.8, 4) is 0 Å². The van der Waals surface area contributed by atoms with Gasteiger partial charge in [-0.25, -0.2) is 0 Å². The summed E-state index contributed by atoms with van der Waals surface area (Å²) in [6.07, 6.45) is 2.17. The van der Waals surface area contributed by atoms with E-state index in [1.54, 1.807) is 31.3 Å². The number of nitrogens with zero attached hydrogens (tertiary/aromatic N) is 4. The van der Waals surface area contributed by atoms with Crippen LogP contribution in [-0.4, -0.2) is 50.8 Å². The molecule has 0 aliphatic carbocycles. The van der Waals surface area contributed by atoms with Crippen LogP contribution < -0.4 is 5.73 Å². The van der Waals surface area contributed by atoms with Gasteiger partial charge >= 0.3 is 0 Å². The van der Waals surface area contributed by atoms with Gasteiger partial charge in [0, 0.05) is 26.9 Å². The van der Waals surface area contributed by atoms with Crippen LogP contribution in [0.3, 0.4) is 0 Å². The minimum Gasteiger partial charge on any atom is -0.467 e. The molecule has 2 aromatic heterocycles. The second-order valence-electron chi connectivity index (χ2n) is 5.52. The second kappa shape index (κ2) is 8.00. The molecule has 0 radical (unpaired) electrons. The van der Waals surface area contributed by atoms with Crippen LogP contribution in [0.25, 0.3) is 0 Å². The van der Waals surface area contributed by atoms with Gasteiger partial charge in [0.15, 0.2) is 5.16 Å². The molecule has 0 bridgehead atoms. The molecule has 2 rings (SSSR count). The minimum atomic E-state index is -0.395. The van der Waals surface area contributed by atoms with Crippen LogP contribution in [0.4, 0.5) is 0 Å². The summed E-state index contributed by atoms with van der Waals surface area (Å²) < 4.78 is 7.23. The molecule has 0 saturated heterocycles. The number of carbonyl (C=O) groups excluding carboxylic acids is 2. The molecule has 0 spiro atoms. The summed E-state index contributed by atoms with van der Waals surface area (Å²) in [5.74, 6) is 0.972. The summed E-state index contributed by atoms with van der Waals surface area (Å²) in [4.78, 5) is 24.6. The molecule has 0 unspecified atom stereocenters. The van der Waals surface area contributed by atoms with Crippen molar-refractivity contribution < 1.29 is 14.0 Å². The summed E-state index contributed by atoms with van der Waals surface area (Å²) in [7, 11) is 3.43. The fourth-order valence-electron chi connectivity index (χ4n) is 2.12. The Bertz CT molecular complexity index is 696. The van der Waals surface area contributed by atoms with Gasteiger partial charge in [-0.05, 0) is 19.1 Å². The zero-order valence-corrected chi connectivity index (χ0v) is 14.7. The Morgan fingerprint density at radius 2 is 2.17 bits per heavy atom. The maximum absolute atomic E-state index is 12.1. The predicted octanol–water partition coefficient (Wildman–Crippen LogP) is 0.906. The van der Waals surface area contributed by atoms with Crippen LogP contribution in [-0.2, 0) is 22.6 Å². The highest BCUT2D eigenvalue weighted by Crippen LogP contribution is 2.24. The predicted molar refractivity (Wildman–Crippen MR) is 89.4 cm³/mol. The number of rotatable bonds is 8. The molecule has 130 valence electrons. The number of nitrogens with two attached hydrogens (primary N) is 1. The third kappa shape index (κ3) is 4.60. The van der Waals surface area contributed by atoms with E-state index in [1.807, 2.05) is 17.6 Å². The zero-order valence-electron chi connectivity index (χ0n) is 13.9. The lowest BCUT2D eigenvalue weighted by atomic mass is 10.3. The Hall–Kier alpha value is -2.29. The van der Waals surface area contributed by atoms with Gasteiger partial charge in [0.1, 0.15) is 11.6 Å². The monoisotopic (exact) mass is 351 g/mol. The van der Waals surface area contributed by atoms with E-state index in [0.29, 0.717) is 23.9 Å². The summed E-state index contributed by atoms with van der Waals surface area (Å²) in [6, 6.07) is 3.65. The van der Waals surface area contributed by atoms with Crippen molar-refractivity contribution in [1.29, 1.82) is 0 Å². The van der Waals surface area contributed by atoms with Crippen LogP contribution in [0.2, 0.25) is 0 Å². The smallest absolute Gasteiger partial charge is 0.235 e. The maximum Gasteiger partial charge on any atom is 0.235 e. The maximum atomic E-state index is 12.1.